The first kappa shape index (κ1) is 21.7. The first-order chi connectivity index (χ1) is 8.74. The second-order valence-electron chi connectivity index (χ2n) is 5.78. The van der Waals surface area contributed by atoms with Gasteiger partial charge in [0.1, 0.15) is 0 Å². The maximum atomic E-state index is 9.85. The van der Waals surface area contributed by atoms with Crippen molar-refractivity contribution in [3.05, 3.63) is 0 Å². The predicted octanol–water partition coefficient (Wildman–Crippen LogP) is 1.33. The Morgan fingerprint density at radius 2 is 0.947 bits per heavy atom. The molecule has 0 spiro atoms. The standard InChI is InChI=1S/C16H36NO.BrH/c1-4-7-10-13-17(16-18,14-11-8-5-2)15-12-9-6-3;/h18H,4-16H2,1-3H3;1H/q+1;/p-1. The number of unbranched alkanes of at least 4 members (excludes halogenated alkanes) is 6. The largest absolute Gasteiger partial charge is 1.00 e. The van der Waals surface area contributed by atoms with Crippen LogP contribution >= 0.6 is 0 Å². The highest BCUT2D eigenvalue weighted by molar-refractivity contribution is 4.47. The van der Waals surface area contributed by atoms with E-state index in [1.807, 2.05) is 0 Å². The third kappa shape index (κ3) is 10.8. The van der Waals surface area contributed by atoms with E-state index in [0.717, 1.165) is 4.48 Å². The molecule has 0 aliphatic rings. The minimum absolute atomic E-state index is 0. The Labute approximate surface area is 131 Å². The van der Waals surface area contributed by atoms with Gasteiger partial charge in [-0.2, -0.15) is 0 Å². The van der Waals surface area contributed by atoms with E-state index in [1.54, 1.807) is 0 Å². The summed E-state index contributed by atoms with van der Waals surface area (Å²) in [6, 6.07) is 0. The first-order valence-corrected chi connectivity index (χ1v) is 8.20. The summed E-state index contributed by atoms with van der Waals surface area (Å²) in [5, 5.41) is 9.85. The van der Waals surface area contributed by atoms with E-state index >= 15 is 0 Å². The smallest absolute Gasteiger partial charge is 0.180 e. The molecule has 0 amide bonds. The lowest BCUT2D eigenvalue weighted by atomic mass is 10.1. The maximum Gasteiger partial charge on any atom is 0.180 e. The normalized spacial score (nSPS) is 11.4. The summed E-state index contributed by atoms with van der Waals surface area (Å²) in [6.07, 6.45) is 11.6. The Balaban J connectivity index is 0. The molecule has 2 nitrogen and oxygen atoms in total. The maximum absolute atomic E-state index is 9.85. The second kappa shape index (κ2) is 14.8. The summed E-state index contributed by atoms with van der Waals surface area (Å²) in [7, 11) is 0. The third-order valence-electron chi connectivity index (χ3n) is 4.01. The lowest BCUT2D eigenvalue weighted by Gasteiger charge is -2.37. The van der Waals surface area contributed by atoms with Crippen LogP contribution < -0.4 is 17.0 Å². The molecule has 0 rings (SSSR count). The van der Waals surface area contributed by atoms with Crippen molar-refractivity contribution in [2.75, 3.05) is 26.4 Å². The molecule has 3 heteroatoms. The lowest BCUT2D eigenvalue weighted by Crippen LogP contribution is -3.00. The van der Waals surface area contributed by atoms with Gasteiger partial charge in [0.05, 0.1) is 19.6 Å². The van der Waals surface area contributed by atoms with Gasteiger partial charge in [-0.15, -0.1) is 0 Å². The number of nitrogens with zero attached hydrogens (tertiary/aromatic N) is 1. The number of aliphatic hydroxyl groups is 1. The van der Waals surface area contributed by atoms with Crippen molar-refractivity contribution in [2.24, 2.45) is 0 Å². The zero-order valence-electron chi connectivity index (χ0n) is 13.5. The topological polar surface area (TPSA) is 20.2 Å². The molecular weight excluding hydrogens is 302 g/mol. The van der Waals surface area contributed by atoms with Gasteiger partial charge in [0.2, 0.25) is 0 Å². The van der Waals surface area contributed by atoms with E-state index in [2.05, 4.69) is 20.8 Å². The molecule has 0 unspecified atom stereocenters. The number of hydrogen-bond donors (Lipinski definition) is 1. The van der Waals surface area contributed by atoms with Crippen LogP contribution in [0.1, 0.15) is 78.6 Å². The van der Waals surface area contributed by atoms with Crippen LogP contribution in [-0.4, -0.2) is 36.0 Å². The molecule has 0 atom stereocenters. The fourth-order valence-corrected chi connectivity index (χ4v) is 2.64. The molecule has 0 saturated carbocycles. The molecule has 0 aromatic heterocycles. The van der Waals surface area contributed by atoms with E-state index < -0.39 is 0 Å². The summed E-state index contributed by atoms with van der Waals surface area (Å²) >= 11 is 0. The molecular formula is C16H36BrNO. The van der Waals surface area contributed by atoms with E-state index in [9.17, 15) is 5.11 Å². The van der Waals surface area contributed by atoms with Gasteiger partial charge < -0.3 is 26.6 Å². The van der Waals surface area contributed by atoms with Crippen LogP contribution in [0.25, 0.3) is 0 Å². The summed E-state index contributed by atoms with van der Waals surface area (Å²) < 4.78 is 0.958. The van der Waals surface area contributed by atoms with Crippen molar-refractivity contribution in [3.63, 3.8) is 0 Å². The molecule has 0 aliphatic heterocycles. The Morgan fingerprint density at radius 1 is 0.632 bits per heavy atom. The van der Waals surface area contributed by atoms with Crippen molar-refractivity contribution < 1.29 is 26.6 Å². The number of rotatable bonds is 13. The number of hydrogen-bond acceptors (Lipinski definition) is 1. The number of quaternary nitrogens is 1. The molecule has 19 heavy (non-hydrogen) atoms. The minimum Gasteiger partial charge on any atom is -1.00 e. The van der Waals surface area contributed by atoms with Crippen LogP contribution in [0.3, 0.4) is 0 Å². The number of halogens is 1. The van der Waals surface area contributed by atoms with Gasteiger partial charge >= 0.3 is 0 Å². The van der Waals surface area contributed by atoms with Gasteiger partial charge in [-0.3, -0.25) is 0 Å². The molecule has 0 heterocycles. The lowest BCUT2D eigenvalue weighted by molar-refractivity contribution is -0.945. The van der Waals surface area contributed by atoms with Crippen molar-refractivity contribution in [1.29, 1.82) is 0 Å². The van der Waals surface area contributed by atoms with Crippen molar-refractivity contribution in [3.8, 4) is 0 Å². The van der Waals surface area contributed by atoms with Crippen LogP contribution in [0.15, 0.2) is 0 Å². The van der Waals surface area contributed by atoms with Crippen LogP contribution in [-0.2, 0) is 0 Å². The van der Waals surface area contributed by atoms with Gasteiger partial charge in [-0.1, -0.05) is 40.0 Å². The first-order valence-electron chi connectivity index (χ1n) is 8.20. The summed E-state index contributed by atoms with van der Waals surface area (Å²) in [5.41, 5.74) is 0. The Kier molecular flexibility index (Phi) is 16.9. The van der Waals surface area contributed by atoms with Gasteiger partial charge in [0, 0.05) is 0 Å². The monoisotopic (exact) mass is 337 g/mol. The molecule has 0 aromatic carbocycles. The molecule has 118 valence electrons. The highest BCUT2D eigenvalue weighted by Gasteiger charge is 2.24. The average molecular weight is 338 g/mol. The highest BCUT2D eigenvalue weighted by Crippen LogP contribution is 2.15. The van der Waals surface area contributed by atoms with Gasteiger partial charge in [-0.25, -0.2) is 0 Å². The van der Waals surface area contributed by atoms with Crippen LogP contribution in [0.5, 0.6) is 0 Å². The Hall–Kier alpha value is 0.400. The van der Waals surface area contributed by atoms with Gasteiger partial charge in [-0.05, 0) is 38.5 Å². The minimum atomic E-state index is 0. The molecule has 0 bridgehead atoms. The van der Waals surface area contributed by atoms with E-state index in [1.165, 1.54) is 77.4 Å². The predicted molar refractivity (Wildman–Crippen MR) is 80.5 cm³/mol. The highest BCUT2D eigenvalue weighted by atomic mass is 79.9. The summed E-state index contributed by atoms with van der Waals surface area (Å²) in [4.78, 5) is 0. The Morgan fingerprint density at radius 3 is 1.16 bits per heavy atom. The fraction of sp³-hybridized carbons (Fsp3) is 1.00. The third-order valence-corrected chi connectivity index (χ3v) is 4.01. The van der Waals surface area contributed by atoms with Crippen molar-refractivity contribution in [1.82, 2.24) is 0 Å². The molecule has 0 saturated heterocycles. The van der Waals surface area contributed by atoms with Crippen LogP contribution in [0.4, 0.5) is 0 Å². The fourth-order valence-electron chi connectivity index (χ4n) is 2.64. The molecule has 0 aromatic rings. The summed E-state index contributed by atoms with van der Waals surface area (Å²) in [5.74, 6) is 0. The van der Waals surface area contributed by atoms with Gasteiger partial charge in [0.15, 0.2) is 6.73 Å². The van der Waals surface area contributed by atoms with Crippen molar-refractivity contribution in [2.45, 2.75) is 78.6 Å². The molecule has 1 N–H and O–H groups in total. The summed E-state index contributed by atoms with van der Waals surface area (Å²) in [6.45, 7) is 10.6. The van der Waals surface area contributed by atoms with Crippen molar-refractivity contribution >= 4 is 0 Å². The van der Waals surface area contributed by atoms with E-state index in [-0.39, 0.29) is 17.0 Å². The van der Waals surface area contributed by atoms with E-state index in [0.29, 0.717) is 6.73 Å². The molecule has 0 fully saturated rings. The molecule has 0 radical (unpaired) electrons. The zero-order chi connectivity index (χ0) is 13.7. The van der Waals surface area contributed by atoms with E-state index in [4.69, 9.17) is 0 Å². The van der Waals surface area contributed by atoms with Crippen LogP contribution in [0, 0.1) is 0 Å². The zero-order valence-corrected chi connectivity index (χ0v) is 15.1. The second-order valence-corrected chi connectivity index (χ2v) is 5.78. The van der Waals surface area contributed by atoms with Gasteiger partial charge in [0.25, 0.3) is 0 Å². The average Bonchev–Trinajstić information content (AvgIpc) is 2.39. The SMILES string of the molecule is CCCCC[N+](CO)(CCCCC)CCCCC.[Br-]. The quantitative estimate of drug-likeness (QED) is 0.305. The number of aliphatic hydroxyl groups excluding tert-OH is 1. The molecule has 0 aliphatic carbocycles. The van der Waals surface area contributed by atoms with Crippen LogP contribution in [0.2, 0.25) is 0 Å². The Bertz CT molecular complexity index is 150.